The summed E-state index contributed by atoms with van der Waals surface area (Å²) in [5.41, 5.74) is 1.25. The van der Waals surface area contributed by atoms with Gasteiger partial charge in [-0.2, -0.15) is 5.10 Å². The van der Waals surface area contributed by atoms with E-state index in [-0.39, 0.29) is 0 Å². The third kappa shape index (κ3) is 2.59. The molecule has 0 spiro atoms. The molecule has 0 saturated carbocycles. The lowest BCUT2D eigenvalue weighted by Crippen LogP contribution is -2.11. The fraction of sp³-hybridized carbons (Fsp3) is 0.750. The molecule has 0 radical (unpaired) electrons. The first kappa shape index (κ1) is 10.7. The Kier molecular flexibility index (Phi) is 3.41. The van der Waals surface area contributed by atoms with Crippen LogP contribution in [0.3, 0.4) is 0 Å². The summed E-state index contributed by atoms with van der Waals surface area (Å²) in [6.07, 6.45) is 5.70. The summed E-state index contributed by atoms with van der Waals surface area (Å²) in [6.45, 7) is 6.76. The number of nitrogens with zero attached hydrogens (tertiary/aromatic N) is 2. The van der Waals surface area contributed by atoms with E-state index in [1.807, 2.05) is 0 Å². The predicted octanol–water partition coefficient (Wildman–Crippen LogP) is 2.01. The monoisotopic (exact) mass is 207 g/mol. The van der Waals surface area contributed by atoms with Crippen molar-refractivity contribution in [3.8, 4) is 0 Å². The van der Waals surface area contributed by atoms with Crippen LogP contribution in [0.25, 0.3) is 0 Å². The molecule has 2 unspecified atom stereocenters. The van der Waals surface area contributed by atoms with E-state index in [1.54, 1.807) is 0 Å². The molecule has 1 aromatic rings. The zero-order valence-electron chi connectivity index (χ0n) is 9.74. The molecule has 1 saturated heterocycles. The molecule has 84 valence electrons. The Bertz CT molecular complexity index is 300. The van der Waals surface area contributed by atoms with Gasteiger partial charge in [-0.25, -0.2) is 0 Å². The topological polar surface area (TPSA) is 29.9 Å². The summed E-state index contributed by atoms with van der Waals surface area (Å²) in [5.74, 6) is 0.797. The number of hydrogen-bond acceptors (Lipinski definition) is 2. The molecule has 0 aliphatic carbocycles. The molecule has 1 fully saturated rings. The molecule has 1 aromatic heterocycles. The lowest BCUT2D eigenvalue weighted by Gasteiger charge is -2.09. The molecule has 0 aromatic carbocycles. The largest absolute Gasteiger partial charge is 0.316 e. The van der Waals surface area contributed by atoms with Gasteiger partial charge in [0.1, 0.15) is 0 Å². The number of nitrogens with one attached hydrogen (secondary N) is 1. The maximum Gasteiger partial charge on any atom is 0.0628 e. The molecule has 1 aliphatic heterocycles. The molecule has 1 N–H and O–H groups in total. The van der Waals surface area contributed by atoms with Crippen LogP contribution in [0.1, 0.15) is 38.4 Å². The van der Waals surface area contributed by atoms with Gasteiger partial charge in [-0.3, -0.25) is 4.68 Å². The minimum absolute atomic E-state index is 0.528. The quantitative estimate of drug-likeness (QED) is 0.818. The maximum absolute atomic E-state index is 4.63. The van der Waals surface area contributed by atoms with E-state index in [2.05, 4.69) is 41.2 Å². The number of rotatable bonds is 4. The third-order valence-electron chi connectivity index (χ3n) is 3.37. The second-order valence-corrected chi connectivity index (χ2v) is 4.61. The Hall–Kier alpha value is -0.830. The zero-order chi connectivity index (χ0) is 10.7. The Labute approximate surface area is 91.9 Å². The minimum atomic E-state index is 0.528. The van der Waals surface area contributed by atoms with Crippen LogP contribution in [0.2, 0.25) is 0 Å². The maximum atomic E-state index is 4.63. The van der Waals surface area contributed by atoms with E-state index in [0.717, 1.165) is 25.3 Å². The van der Waals surface area contributed by atoms with Crippen LogP contribution in [0, 0.1) is 5.92 Å². The van der Waals surface area contributed by atoms with Crippen LogP contribution < -0.4 is 5.32 Å². The van der Waals surface area contributed by atoms with Crippen LogP contribution in [-0.4, -0.2) is 22.9 Å². The van der Waals surface area contributed by atoms with Gasteiger partial charge in [0.15, 0.2) is 0 Å². The molecule has 2 heterocycles. The normalized spacial score (nSPS) is 23.2. The number of aromatic nitrogens is 2. The Balaban J connectivity index is 1.94. The summed E-state index contributed by atoms with van der Waals surface area (Å²) in [7, 11) is 0. The lowest BCUT2D eigenvalue weighted by atomic mass is 10.0. The van der Waals surface area contributed by atoms with Crippen molar-refractivity contribution in [1.82, 2.24) is 15.1 Å². The summed E-state index contributed by atoms with van der Waals surface area (Å²) < 4.78 is 2.09. The highest BCUT2D eigenvalue weighted by Gasteiger charge is 2.16. The average molecular weight is 207 g/mol. The predicted molar refractivity (Wildman–Crippen MR) is 61.9 cm³/mol. The van der Waals surface area contributed by atoms with Crippen LogP contribution in [0.4, 0.5) is 0 Å². The smallest absolute Gasteiger partial charge is 0.0628 e. The van der Waals surface area contributed by atoms with Crippen molar-refractivity contribution in [2.45, 2.75) is 39.2 Å². The molecular formula is C12H21N3. The molecule has 0 bridgehead atoms. The Morgan fingerprint density at radius 3 is 3.20 bits per heavy atom. The molecule has 0 amide bonds. The van der Waals surface area contributed by atoms with Crippen LogP contribution in [0.5, 0.6) is 0 Å². The van der Waals surface area contributed by atoms with E-state index in [0.29, 0.717) is 6.04 Å². The fourth-order valence-corrected chi connectivity index (χ4v) is 2.10. The van der Waals surface area contributed by atoms with Crippen molar-refractivity contribution < 1.29 is 0 Å². The van der Waals surface area contributed by atoms with Crippen molar-refractivity contribution in [2.75, 3.05) is 13.1 Å². The fourth-order valence-electron chi connectivity index (χ4n) is 2.10. The van der Waals surface area contributed by atoms with E-state index in [4.69, 9.17) is 0 Å². The molecule has 3 nitrogen and oxygen atoms in total. The zero-order valence-corrected chi connectivity index (χ0v) is 9.74. The van der Waals surface area contributed by atoms with Crippen molar-refractivity contribution in [3.05, 3.63) is 18.0 Å². The SMILES string of the molecule is CCC(C)n1ccc(CC2CCNC2)n1. The van der Waals surface area contributed by atoms with Crippen molar-refractivity contribution in [1.29, 1.82) is 0 Å². The summed E-state index contributed by atoms with van der Waals surface area (Å²) in [6, 6.07) is 2.70. The molecule has 2 atom stereocenters. The van der Waals surface area contributed by atoms with Crippen LogP contribution in [0.15, 0.2) is 12.3 Å². The standard InChI is InChI=1S/C12H21N3/c1-3-10(2)15-7-5-12(14-15)8-11-4-6-13-9-11/h5,7,10-11,13H,3-4,6,8-9H2,1-2H3. The van der Waals surface area contributed by atoms with Gasteiger partial charge >= 0.3 is 0 Å². The van der Waals surface area contributed by atoms with E-state index in [9.17, 15) is 0 Å². The molecule has 15 heavy (non-hydrogen) atoms. The number of hydrogen-bond donors (Lipinski definition) is 1. The average Bonchev–Trinajstić information content (AvgIpc) is 2.88. The minimum Gasteiger partial charge on any atom is -0.316 e. The first-order valence-electron chi connectivity index (χ1n) is 6.04. The van der Waals surface area contributed by atoms with E-state index in [1.165, 1.54) is 18.7 Å². The molecule has 2 rings (SSSR count). The summed E-state index contributed by atoms with van der Waals surface area (Å²) >= 11 is 0. The Morgan fingerprint density at radius 2 is 2.53 bits per heavy atom. The van der Waals surface area contributed by atoms with Crippen molar-refractivity contribution in [3.63, 3.8) is 0 Å². The van der Waals surface area contributed by atoms with Crippen LogP contribution >= 0.6 is 0 Å². The van der Waals surface area contributed by atoms with Gasteiger partial charge in [-0.1, -0.05) is 6.92 Å². The van der Waals surface area contributed by atoms with Gasteiger partial charge in [-0.05, 0) is 51.3 Å². The first-order valence-corrected chi connectivity index (χ1v) is 6.04. The second kappa shape index (κ2) is 4.79. The highest BCUT2D eigenvalue weighted by molar-refractivity contribution is 5.01. The molecule has 3 heteroatoms. The van der Waals surface area contributed by atoms with Gasteiger partial charge in [0.25, 0.3) is 0 Å². The van der Waals surface area contributed by atoms with Gasteiger partial charge < -0.3 is 5.32 Å². The molecular weight excluding hydrogens is 186 g/mol. The van der Waals surface area contributed by atoms with Gasteiger partial charge in [0.2, 0.25) is 0 Å². The Morgan fingerprint density at radius 1 is 1.67 bits per heavy atom. The highest BCUT2D eigenvalue weighted by Crippen LogP contribution is 2.15. The van der Waals surface area contributed by atoms with E-state index >= 15 is 0 Å². The molecule has 1 aliphatic rings. The highest BCUT2D eigenvalue weighted by atomic mass is 15.3. The first-order chi connectivity index (χ1) is 7.29. The van der Waals surface area contributed by atoms with Crippen molar-refractivity contribution in [2.24, 2.45) is 5.92 Å². The third-order valence-corrected chi connectivity index (χ3v) is 3.37. The van der Waals surface area contributed by atoms with Crippen molar-refractivity contribution >= 4 is 0 Å². The second-order valence-electron chi connectivity index (χ2n) is 4.61. The lowest BCUT2D eigenvalue weighted by molar-refractivity contribution is 0.467. The van der Waals surface area contributed by atoms with Gasteiger partial charge in [-0.15, -0.1) is 0 Å². The van der Waals surface area contributed by atoms with Gasteiger partial charge in [0, 0.05) is 12.2 Å². The summed E-state index contributed by atoms with van der Waals surface area (Å²) in [4.78, 5) is 0. The van der Waals surface area contributed by atoms with Crippen LogP contribution in [-0.2, 0) is 6.42 Å². The van der Waals surface area contributed by atoms with Gasteiger partial charge in [0.05, 0.1) is 5.69 Å². The summed E-state index contributed by atoms with van der Waals surface area (Å²) in [5, 5.41) is 8.03. The van der Waals surface area contributed by atoms with E-state index < -0.39 is 0 Å².